The Morgan fingerprint density at radius 3 is 2.83 bits per heavy atom. The molecule has 1 N–H and O–H groups in total. The number of fused-ring (bicyclic) bond motifs is 1. The minimum Gasteiger partial charge on any atom is -0.383 e. The van der Waals surface area contributed by atoms with Crippen molar-refractivity contribution in [3.8, 4) is 0 Å². The monoisotopic (exact) mass is 248 g/mol. The maximum absolute atomic E-state index is 11.2. The Morgan fingerprint density at radius 2 is 2.17 bits per heavy atom. The fraction of sp³-hybridized carbons (Fsp3) is 0.500. The fourth-order valence-corrected chi connectivity index (χ4v) is 2.10. The van der Waals surface area contributed by atoms with Crippen molar-refractivity contribution in [2.24, 2.45) is 0 Å². The van der Waals surface area contributed by atoms with Gasteiger partial charge in [-0.2, -0.15) is 5.06 Å². The molecule has 1 amide bonds. The van der Waals surface area contributed by atoms with E-state index in [2.05, 4.69) is 11.4 Å². The van der Waals surface area contributed by atoms with Crippen LogP contribution in [-0.2, 0) is 16.1 Å². The number of para-hydroxylation sites is 1. The van der Waals surface area contributed by atoms with Gasteiger partial charge in [0.1, 0.15) is 0 Å². The number of nitrogens with one attached hydrogen (secondary N) is 1. The van der Waals surface area contributed by atoms with Gasteiger partial charge in [0, 0.05) is 6.54 Å². The molecule has 98 valence electrons. The van der Waals surface area contributed by atoms with Gasteiger partial charge in [0.05, 0.1) is 17.0 Å². The van der Waals surface area contributed by atoms with Gasteiger partial charge in [-0.25, -0.2) is 0 Å². The molecule has 1 aromatic rings. The van der Waals surface area contributed by atoms with Crippen LogP contribution in [0.4, 0.5) is 11.4 Å². The van der Waals surface area contributed by atoms with Crippen LogP contribution in [0.5, 0.6) is 0 Å². The van der Waals surface area contributed by atoms with Gasteiger partial charge >= 0.3 is 0 Å². The number of hydroxylamine groups is 1. The number of aryl methyl sites for hydroxylation is 1. The summed E-state index contributed by atoms with van der Waals surface area (Å²) in [5.74, 6) is 0. The SMILES string of the molecule is CC(C)(C)ON(C=O)c1cccc2c1NCCC2. The van der Waals surface area contributed by atoms with Gasteiger partial charge in [-0.05, 0) is 45.2 Å². The van der Waals surface area contributed by atoms with Crippen molar-refractivity contribution in [3.05, 3.63) is 23.8 Å². The number of hydrogen-bond donors (Lipinski definition) is 1. The first-order chi connectivity index (χ1) is 8.51. The smallest absolute Gasteiger partial charge is 0.238 e. The zero-order valence-corrected chi connectivity index (χ0v) is 11.2. The summed E-state index contributed by atoms with van der Waals surface area (Å²) < 4.78 is 0. The summed E-state index contributed by atoms with van der Waals surface area (Å²) in [6, 6.07) is 5.95. The average Bonchev–Trinajstić information content (AvgIpc) is 2.34. The number of rotatable bonds is 3. The first-order valence-electron chi connectivity index (χ1n) is 6.31. The van der Waals surface area contributed by atoms with E-state index < -0.39 is 5.60 Å². The van der Waals surface area contributed by atoms with Gasteiger partial charge in [-0.3, -0.25) is 9.63 Å². The second-order valence-electron chi connectivity index (χ2n) is 5.48. The molecule has 0 aromatic heterocycles. The van der Waals surface area contributed by atoms with Crippen LogP contribution in [0.1, 0.15) is 32.8 Å². The molecular formula is C14H20N2O2. The molecule has 0 fully saturated rings. The van der Waals surface area contributed by atoms with Crippen LogP contribution in [0.3, 0.4) is 0 Å². The summed E-state index contributed by atoms with van der Waals surface area (Å²) in [6.45, 7) is 6.71. The third-order valence-corrected chi connectivity index (χ3v) is 2.76. The highest BCUT2D eigenvalue weighted by Crippen LogP contribution is 2.33. The van der Waals surface area contributed by atoms with Gasteiger partial charge in [0.2, 0.25) is 6.41 Å². The molecule has 4 heteroatoms. The Morgan fingerprint density at radius 1 is 1.39 bits per heavy atom. The number of carbonyl (C=O) groups is 1. The largest absolute Gasteiger partial charge is 0.383 e. The van der Waals surface area contributed by atoms with Crippen molar-refractivity contribution < 1.29 is 9.63 Å². The molecule has 0 unspecified atom stereocenters. The highest BCUT2D eigenvalue weighted by Gasteiger charge is 2.22. The molecule has 1 aliphatic rings. The molecule has 4 nitrogen and oxygen atoms in total. The van der Waals surface area contributed by atoms with Crippen LogP contribution in [0, 0.1) is 0 Å². The molecule has 0 atom stereocenters. The predicted octanol–water partition coefficient (Wildman–Crippen LogP) is 2.74. The zero-order valence-electron chi connectivity index (χ0n) is 11.2. The number of carbonyl (C=O) groups excluding carboxylic acids is 1. The van der Waals surface area contributed by atoms with E-state index >= 15 is 0 Å². The standard InChI is InChI=1S/C14H20N2O2/c1-14(2,3)18-16(10-17)12-8-4-6-11-7-5-9-15-13(11)12/h4,6,8,10,15H,5,7,9H2,1-3H3. The van der Waals surface area contributed by atoms with Crippen molar-refractivity contribution in [3.63, 3.8) is 0 Å². The third kappa shape index (κ3) is 2.82. The molecule has 0 saturated carbocycles. The Hall–Kier alpha value is -1.55. The highest BCUT2D eigenvalue weighted by atomic mass is 16.7. The summed E-state index contributed by atoms with van der Waals surface area (Å²) in [5, 5.41) is 4.67. The van der Waals surface area contributed by atoms with Crippen molar-refractivity contribution in [1.29, 1.82) is 0 Å². The molecule has 18 heavy (non-hydrogen) atoms. The Kier molecular flexibility index (Phi) is 3.57. The molecule has 2 rings (SSSR count). The maximum atomic E-state index is 11.2. The normalized spacial score (nSPS) is 14.6. The second kappa shape index (κ2) is 4.98. The lowest BCUT2D eigenvalue weighted by molar-refractivity contribution is -0.120. The van der Waals surface area contributed by atoms with Crippen LogP contribution >= 0.6 is 0 Å². The summed E-state index contributed by atoms with van der Waals surface area (Å²) in [6.07, 6.45) is 2.88. The van der Waals surface area contributed by atoms with E-state index in [1.807, 2.05) is 32.9 Å². The first-order valence-corrected chi connectivity index (χ1v) is 6.31. The average molecular weight is 248 g/mol. The molecule has 0 radical (unpaired) electrons. The highest BCUT2D eigenvalue weighted by molar-refractivity contribution is 5.83. The van der Waals surface area contributed by atoms with Crippen LogP contribution in [-0.4, -0.2) is 18.6 Å². The van der Waals surface area contributed by atoms with Gasteiger partial charge < -0.3 is 5.32 Å². The lowest BCUT2D eigenvalue weighted by Crippen LogP contribution is -2.34. The molecule has 0 spiro atoms. The Labute approximate surface area is 108 Å². The van der Waals surface area contributed by atoms with E-state index in [0.717, 1.165) is 37.2 Å². The number of benzene rings is 1. The molecule has 1 aromatic carbocycles. The first kappa shape index (κ1) is 12.9. The van der Waals surface area contributed by atoms with Crippen LogP contribution in [0.25, 0.3) is 0 Å². The molecular weight excluding hydrogens is 228 g/mol. The zero-order chi connectivity index (χ0) is 13.2. The second-order valence-corrected chi connectivity index (χ2v) is 5.48. The topological polar surface area (TPSA) is 41.6 Å². The number of hydrogen-bond acceptors (Lipinski definition) is 3. The van der Waals surface area contributed by atoms with Gasteiger partial charge in [-0.1, -0.05) is 12.1 Å². The molecule has 0 bridgehead atoms. The summed E-state index contributed by atoms with van der Waals surface area (Å²) in [4.78, 5) is 16.9. The molecule has 1 heterocycles. The van der Waals surface area contributed by atoms with E-state index in [9.17, 15) is 4.79 Å². The van der Waals surface area contributed by atoms with Crippen LogP contribution in [0.15, 0.2) is 18.2 Å². The van der Waals surface area contributed by atoms with E-state index in [1.54, 1.807) is 0 Å². The minimum absolute atomic E-state index is 0.404. The summed E-state index contributed by atoms with van der Waals surface area (Å²) in [7, 11) is 0. The fourth-order valence-electron chi connectivity index (χ4n) is 2.10. The Balaban J connectivity index is 2.33. The predicted molar refractivity (Wildman–Crippen MR) is 72.6 cm³/mol. The molecule has 0 aliphatic carbocycles. The van der Waals surface area contributed by atoms with Crippen molar-refractivity contribution in [2.75, 3.05) is 16.9 Å². The van der Waals surface area contributed by atoms with Crippen molar-refractivity contribution in [1.82, 2.24) is 0 Å². The van der Waals surface area contributed by atoms with Crippen LogP contribution in [0.2, 0.25) is 0 Å². The number of amides is 1. The lowest BCUT2D eigenvalue weighted by atomic mass is 10.0. The van der Waals surface area contributed by atoms with E-state index in [-0.39, 0.29) is 0 Å². The van der Waals surface area contributed by atoms with Gasteiger partial charge in [-0.15, -0.1) is 0 Å². The van der Waals surface area contributed by atoms with Crippen molar-refractivity contribution in [2.45, 2.75) is 39.2 Å². The van der Waals surface area contributed by atoms with Crippen LogP contribution < -0.4 is 10.4 Å². The van der Waals surface area contributed by atoms with E-state index in [0.29, 0.717) is 0 Å². The summed E-state index contributed by atoms with van der Waals surface area (Å²) >= 11 is 0. The third-order valence-electron chi connectivity index (χ3n) is 2.76. The van der Waals surface area contributed by atoms with Crippen molar-refractivity contribution >= 4 is 17.8 Å². The number of anilines is 2. The summed E-state index contributed by atoms with van der Waals surface area (Å²) in [5.41, 5.74) is 2.64. The number of nitrogens with zero attached hydrogens (tertiary/aromatic N) is 1. The molecule has 0 saturated heterocycles. The van der Waals surface area contributed by atoms with E-state index in [4.69, 9.17) is 4.84 Å². The minimum atomic E-state index is -0.404. The maximum Gasteiger partial charge on any atom is 0.238 e. The van der Waals surface area contributed by atoms with Gasteiger partial charge in [0.15, 0.2) is 0 Å². The quantitative estimate of drug-likeness (QED) is 0.660. The van der Waals surface area contributed by atoms with E-state index in [1.165, 1.54) is 10.6 Å². The lowest BCUT2D eigenvalue weighted by Gasteiger charge is -2.30. The van der Waals surface area contributed by atoms with Gasteiger partial charge in [0.25, 0.3) is 0 Å². The molecule has 1 aliphatic heterocycles. The Bertz CT molecular complexity index is 438.